The first-order valence-electron chi connectivity index (χ1n) is 5.90. The number of aromatic amines is 1. The Morgan fingerprint density at radius 2 is 2.28 bits per heavy atom. The van der Waals surface area contributed by atoms with Crippen molar-refractivity contribution in [1.82, 2.24) is 14.9 Å². The molecule has 96 valence electrons. The molecular formula is C13H17N3O2. The Labute approximate surface area is 105 Å². The summed E-state index contributed by atoms with van der Waals surface area (Å²) >= 11 is 0. The normalized spacial score (nSPS) is 10.8. The van der Waals surface area contributed by atoms with Gasteiger partial charge in [0.15, 0.2) is 0 Å². The lowest BCUT2D eigenvalue weighted by Crippen LogP contribution is -2.31. The summed E-state index contributed by atoms with van der Waals surface area (Å²) in [7, 11) is 1.69. The summed E-state index contributed by atoms with van der Waals surface area (Å²) in [6, 6.07) is 6.04. The van der Waals surface area contributed by atoms with E-state index >= 15 is 0 Å². The second-order valence-corrected chi connectivity index (χ2v) is 4.40. The summed E-state index contributed by atoms with van der Waals surface area (Å²) in [5.41, 5.74) is 3.11. The van der Waals surface area contributed by atoms with Crippen molar-refractivity contribution in [2.45, 2.75) is 13.3 Å². The van der Waals surface area contributed by atoms with Gasteiger partial charge in [-0.25, -0.2) is 4.98 Å². The van der Waals surface area contributed by atoms with Crippen LogP contribution in [0.1, 0.15) is 11.4 Å². The van der Waals surface area contributed by atoms with Crippen molar-refractivity contribution < 1.29 is 9.90 Å². The van der Waals surface area contributed by atoms with Crippen molar-refractivity contribution >= 4 is 16.9 Å². The maximum Gasteiger partial charge on any atom is 0.248 e. The molecular weight excluding hydrogens is 230 g/mol. The van der Waals surface area contributed by atoms with Gasteiger partial charge in [-0.1, -0.05) is 6.07 Å². The number of H-pyrrole nitrogens is 1. The van der Waals surface area contributed by atoms with E-state index in [4.69, 9.17) is 5.11 Å². The van der Waals surface area contributed by atoms with Crippen LogP contribution in [0, 0.1) is 6.92 Å². The Morgan fingerprint density at radius 1 is 1.50 bits per heavy atom. The number of benzene rings is 1. The van der Waals surface area contributed by atoms with E-state index in [0.29, 0.717) is 6.54 Å². The molecule has 0 spiro atoms. The Kier molecular flexibility index (Phi) is 3.62. The molecule has 0 aliphatic carbocycles. The molecule has 1 heterocycles. The molecule has 0 aliphatic rings. The van der Waals surface area contributed by atoms with Crippen LogP contribution in [-0.4, -0.2) is 46.1 Å². The summed E-state index contributed by atoms with van der Waals surface area (Å²) in [4.78, 5) is 20.3. The second kappa shape index (κ2) is 5.18. The van der Waals surface area contributed by atoms with Crippen molar-refractivity contribution in [1.29, 1.82) is 0 Å². The van der Waals surface area contributed by atoms with E-state index in [0.717, 1.165) is 28.8 Å². The number of hydrogen-bond acceptors (Lipinski definition) is 3. The third-order valence-electron chi connectivity index (χ3n) is 2.96. The zero-order valence-corrected chi connectivity index (χ0v) is 10.6. The summed E-state index contributed by atoms with van der Waals surface area (Å²) in [5.74, 6) is 0.642. The van der Waals surface area contributed by atoms with Crippen LogP contribution in [0.5, 0.6) is 0 Å². The predicted octanol–water partition coefficient (Wildman–Crippen LogP) is 0.865. The largest absolute Gasteiger partial charge is 0.387 e. The van der Waals surface area contributed by atoms with Crippen molar-refractivity contribution in [2.75, 3.05) is 20.2 Å². The van der Waals surface area contributed by atoms with Gasteiger partial charge in [0.05, 0.1) is 11.0 Å². The summed E-state index contributed by atoms with van der Waals surface area (Å²) < 4.78 is 0. The Bertz CT molecular complexity index is 562. The van der Waals surface area contributed by atoms with Gasteiger partial charge in [0.25, 0.3) is 0 Å². The molecule has 2 N–H and O–H groups in total. The third-order valence-corrected chi connectivity index (χ3v) is 2.96. The maximum atomic E-state index is 11.2. The van der Waals surface area contributed by atoms with Gasteiger partial charge >= 0.3 is 0 Å². The number of aliphatic hydroxyl groups excluding tert-OH is 1. The second-order valence-electron chi connectivity index (χ2n) is 4.40. The van der Waals surface area contributed by atoms with Crippen LogP contribution in [0.25, 0.3) is 11.0 Å². The van der Waals surface area contributed by atoms with Crippen LogP contribution in [-0.2, 0) is 11.2 Å². The first kappa shape index (κ1) is 12.6. The Hall–Kier alpha value is -1.88. The molecule has 0 unspecified atom stereocenters. The number of carbonyl (C=O) groups excluding carboxylic acids is 1. The van der Waals surface area contributed by atoms with Gasteiger partial charge in [-0.15, -0.1) is 0 Å². The molecule has 0 saturated carbocycles. The number of nitrogens with one attached hydrogen (secondary N) is 1. The highest BCUT2D eigenvalue weighted by molar-refractivity contribution is 5.77. The molecule has 2 rings (SSSR count). The highest BCUT2D eigenvalue weighted by atomic mass is 16.3. The molecule has 1 amide bonds. The first-order chi connectivity index (χ1) is 8.60. The van der Waals surface area contributed by atoms with Crippen LogP contribution in [0.3, 0.4) is 0 Å². The van der Waals surface area contributed by atoms with Gasteiger partial charge in [0, 0.05) is 13.6 Å². The van der Waals surface area contributed by atoms with Gasteiger partial charge < -0.3 is 15.0 Å². The van der Waals surface area contributed by atoms with Crippen LogP contribution in [0.15, 0.2) is 18.2 Å². The Morgan fingerprint density at radius 3 is 3.00 bits per heavy atom. The molecule has 0 radical (unpaired) electrons. The lowest BCUT2D eigenvalue weighted by atomic mass is 10.1. The van der Waals surface area contributed by atoms with Gasteiger partial charge in [-0.2, -0.15) is 0 Å². The SMILES string of the molecule is Cc1nc2ccc(CCN(C)C(=O)CO)cc2[nH]1. The van der Waals surface area contributed by atoms with Gasteiger partial charge in [-0.05, 0) is 31.0 Å². The van der Waals surface area contributed by atoms with Gasteiger partial charge in [0.1, 0.15) is 12.4 Å². The fraction of sp³-hybridized carbons (Fsp3) is 0.385. The Balaban J connectivity index is 2.05. The molecule has 2 aromatic rings. The molecule has 0 aliphatic heterocycles. The minimum Gasteiger partial charge on any atom is -0.387 e. The smallest absolute Gasteiger partial charge is 0.248 e. The number of amides is 1. The van der Waals surface area contributed by atoms with Crippen molar-refractivity contribution in [3.63, 3.8) is 0 Å². The van der Waals surface area contributed by atoms with E-state index in [1.807, 2.05) is 25.1 Å². The summed E-state index contributed by atoms with van der Waals surface area (Å²) in [6.45, 7) is 2.08. The number of nitrogens with zero attached hydrogens (tertiary/aromatic N) is 2. The molecule has 1 aromatic carbocycles. The fourth-order valence-electron chi connectivity index (χ4n) is 1.88. The fourth-order valence-corrected chi connectivity index (χ4v) is 1.88. The maximum absolute atomic E-state index is 11.2. The van der Waals surface area contributed by atoms with Crippen molar-refractivity contribution in [3.05, 3.63) is 29.6 Å². The number of aliphatic hydroxyl groups is 1. The summed E-state index contributed by atoms with van der Waals surface area (Å²) in [6.07, 6.45) is 0.760. The number of aryl methyl sites for hydroxylation is 1. The molecule has 0 atom stereocenters. The monoisotopic (exact) mass is 247 g/mol. The average molecular weight is 247 g/mol. The molecule has 1 aromatic heterocycles. The quantitative estimate of drug-likeness (QED) is 0.842. The van der Waals surface area contributed by atoms with Crippen molar-refractivity contribution in [3.8, 4) is 0 Å². The molecule has 0 bridgehead atoms. The molecule has 18 heavy (non-hydrogen) atoms. The number of likely N-dealkylation sites (N-methyl/N-ethyl adjacent to an activating group) is 1. The number of aromatic nitrogens is 2. The lowest BCUT2D eigenvalue weighted by molar-refractivity contribution is -0.132. The van der Waals surface area contributed by atoms with Crippen LogP contribution < -0.4 is 0 Å². The van der Waals surface area contributed by atoms with E-state index in [-0.39, 0.29) is 5.91 Å². The number of rotatable bonds is 4. The zero-order chi connectivity index (χ0) is 13.1. The van der Waals surface area contributed by atoms with E-state index in [9.17, 15) is 4.79 Å². The third kappa shape index (κ3) is 2.68. The van der Waals surface area contributed by atoms with Crippen LogP contribution >= 0.6 is 0 Å². The molecule has 0 saturated heterocycles. The zero-order valence-electron chi connectivity index (χ0n) is 10.6. The number of hydrogen-bond donors (Lipinski definition) is 2. The minimum absolute atomic E-state index is 0.256. The van der Waals surface area contributed by atoms with E-state index in [2.05, 4.69) is 9.97 Å². The first-order valence-corrected chi connectivity index (χ1v) is 5.90. The standard InChI is InChI=1S/C13H17N3O2/c1-9-14-11-4-3-10(7-12(11)15-9)5-6-16(2)13(18)8-17/h3-4,7,17H,5-6,8H2,1-2H3,(H,14,15). The van der Waals surface area contributed by atoms with E-state index in [1.165, 1.54) is 4.90 Å². The molecule has 0 fully saturated rings. The van der Waals surface area contributed by atoms with Crippen molar-refractivity contribution in [2.24, 2.45) is 0 Å². The van der Waals surface area contributed by atoms with E-state index in [1.54, 1.807) is 7.05 Å². The predicted molar refractivity (Wildman–Crippen MR) is 69.3 cm³/mol. The highest BCUT2D eigenvalue weighted by Crippen LogP contribution is 2.14. The van der Waals surface area contributed by atoms with Crippen LogP contribution in [0.2, 0.25) is 0 Å². The molecule has 5 heteroatoms. The van der Waals surface area contributed by atoms with Gasteiger partial charge in [0.2, 0.25) is 5.91 Å². The summed E-state index contributed by atoms with van der Waals surface area (Å²) in [5, 5.41) is 8.74. The van der Waals surface area contributed by atoms with Crippen LogP contribution in [0.4, 0.5) is 0 Å². The average Bonchev–Trinajstić information content (AvgIpc) is 2.74. The lowest BCUT2D eigenvalue weighted by Gasteiger charge is -2.15. The molecule has 5 nitrogen and oxygen atoms in total. The minimum atomic E-state index is -0.435. The van der Waals surface area contributed by atoms with E-state index < -0.39 is 6.61 Å². The topological polar surface area (TPSA) is 69.2 Å². The number of carbonyl (C=O) groups is 1. The number of fused-ring (bicyclic) bond motifs is 1. The van der Waals surface area contributed by atoms with Gasteiger partial charge in [-0.3, -0.25) is 4.79 Å². The number of imidazole rings is 1. The highest BCUT2D eigenvalue weighted by Gasteiger charge is 2.07.